The number of hydrogen-bond acceptors (Lipinski definition) is 8. The van der Waals surface area contributed by atoms with E-state index >= 15 is 0 Å². The van der Waals surface area contributed by atoms with Crippen molar-refractivity contribution in [2.75, 3.05) is 53.5 Å². The van der Waals surface area contributed by atoms with E-state index in [1.807, 2.05) is 35.2 Å². The molecule has 9 heteroatoms. The van der Waals surface area contributed by atoms with Crippen LogP contribution in [0.2, 0.25) is 0 Å². The summed E-state index contributed by atoms with van der Waals surface area (Å²) in [5, 5.41) is 0. The van der Waals surface area contributed by atoms with Crippen molar-refractivity contribution in [1.82, 2.24) is 4.90 Å². The van der Waals surface area contributed by atoms with Crippen LogP contribution >= 0.6 is 0 Å². The first kappa shape index (κ1) is 26.2. The number of nitrogens with zero attached hydrogens (tertiary/aromatic N) is 2. The third-order valence-electron chi connectivity index (χ3n) is 6.70. The van der Waals surface area contributed by atoms with Crippen molar-refractivity contribution in [2.45, 2.75) is 25.4 Å². The maximum Gasteiger partial charge on any atom is 0.294 e. The molecule has 0 aliphatic carbocycles. The second kappa shape index (κ2) is 11.9. The SMILES string of the molecule is COc1ccc(N(C(=O)c2ccco2)C2CCN(Cc3ccc(OC)c(OC)c3OC)CC2)cc1OC. The van der Waals surface area contributed by atoms with Gasteiger partial charge < -0.3 is 33.0 Å². The minimum atomic E-state index is -0.183. The fraction of sp³-hybridized carbons (Fsp3) is 0.393. The van der Waals surface area contributed by atoms with Crippen molar-refractivity contribution >= 4 is 11.6 Å². The largest absolute Gasteiger partial charge is 0.493 e. The van der Waals surface area contributed by atoms with Gasteiger partial charge in [0.25, 0.3) is 5.91 Å². The van der Waals surface area contributed by atoms with Gasteiger partial charge in [-0.25, -0.2) is 0 Å². The summed E-state index contributed by atoms with van der Waals surface area (Å²) in [6.07, 6.45) is 3.09. The van der Waals surface area contributed by atoms with Crippen LogP contribution in [0, 0.1) is 0 Å². The van der Waals surface area contributed by atoms with Gasteiger partial charge in [-0.15, -0.1) is 0 Å². The molecule has 1 saturated heterocycles. The van der Waals surface area contributed by atoms with Gasteiger partial charge in [0.15, 0.2) is 28.8 Å². The summed E-state index contributed by atoms with van der Waals surface area (Å²) < 4.78 is 33.0. The molecular formula is C28H34N2O7. The van der Waals surface area contributed by atoms with Crippen LogP contribution in [-0.4, -0.2) is 65.5 Å². The van der Waals surface area contributed by atoms with Crippen molar-refractivity contribution in [3.05, 3.63) is 60.1 Å². The van der Waals surface area contributed by atoms with E-state index in [-0.39, 0.29) is 11.9 Å². The molecule has 0 N–H and O–H groups in total. The Morgan fingerprint density at radius 3 is 2.14 bits per heavy atom. The molecule has 3 aromatic rings. The number of amides is 1. The van der Waals surface area contributed by atoms with E-state index in [9.17, 15) is 4.79 Å². The fourth-order valence-corrected chi connectivity index (χ4v) is 4.85. The smallest absolute Gasteiger partial charge is 0.294 e. The normalized spacial score (nSPS) is 14.2. The van der Waals surface area contributed by atoms with Gasteiger partial charge in [0, 0.05) is 43.0 Å². The second-order valence-corrected chi connectivity index (χ2v) is 8.69. The summed E-state index contributed by atoms with van der Waals surface area (Å²) in [5.41, 5.74) is 1.75. The Labute approximate surface area is 217 Å². The number of anilines is 1. The molecular weight excluding hydrogens is 476 g/mol. The summed E-state index contributed by atoms with van der Waals surface area (Å²) in [6, 6.07) is 12.8. The standard InChI is InChI=1S/C28H34N2O7/c1-32-22-11-9-21(17-25(22)34-3)30(28(31)24-7-6-16-37-24)20-12-14-29(15-13-20)18-19-8-10-23(33-2)27(36-5)26(19)35-4/h6-11,16-17,20H,12-15,18H2,1-5H3. The Morgan fingerprint density at radius 1 is 0.865 bits per heavy atom. The Balaban J connectivity index is 1.54. The second-order valence-electron chi connectivity index (χ2n) is 8.69. The Kier molecular flexibility index (Phi) is 8.45. The summed E-state index contributed by atoms with van der Waals surface area (Å²) in [4.78, 5) is 17.7. The molecule has 0 radical (unpaired) electrons. The van der Waals surface area contributed by atoms with Crippen molar-refractivity contribution in [1.29, 1.82) is 0 Å². The lowest BCUT2D eigenvalue weighted by Gasteiger charge is -2.38. The minimum absolute atomic E-state index is 0.0146. The molecule has 0 bridgehead atoms. The number of carbonyl (C=O) groups is 1. The molecule has 198 valence electrons. The van der Waals surface area contributed by atoms with Gasteiger partial charge in [-0.05, 0) is 43.2 Å². The number of carbonyl (C=O) groups excluding carboxylic acids is 1. The number of ether oxygens (including phenoxy) is 5. The zero-order valence-electron chi connectivity index (χ0n) is 22.0. The third kappa shape index (κ3) is 5.46. The average Bonchev–Trinajstić information content (AvgIpc) is 3.49. The summed E-state index contributed by atoms with van der Waals surface area (Å²) in [5.74, 6) is 3.17. The quantitative estimate of drug-likeness (QED) is 0.390. The molecule has 1 amide bonds. The Bertz CT molecular complexity index is 1190. The van der Waals surface area contributed by atoms with E-state index in [0.717, 1.165) is 37.2 Å². The summed E-state index contributed by atoms with van der Waals surface area (Å²) >= 11 is 0. The topological polar surface area (TPSA) is 82.8 Å². The molecule has 1 aliphatic rings. The van der Waals surface area contributed by atoms with Crippen LogP contribution in [-0.2, 0) is 6.54 Å². The number of likely N-dealkylation sites (tertiary alicyclic amines) is 1. The van der Waals surface area contributed by atoms with E-state index in [2.05, 4.69) is 4.90 Å². The maximum absolute atomic E-state index is 13.6. The number of benzene rings is 2. The first-order valence-corrected chi connectivity index (χ1v) is 12.1. The average molecular weight is 511 g/mol. The minimum Gasteiger partial charge on any atom is -0.493 e. The van der Waals surface area contributed by atoms with Crippen LogP contribution in [0.1, 0.15) is 29.0 Å². The van der Waals surface area contributed by atoms with Gasteiger partial charge in [-0.3, -0.25) is 9.69 Å². The highest BCUT2D eigenvalue weighted by Crippen LogP contribution is 2.41. The van der Waals surface area contributed by atoms with Crippen LogP contribution in [0.15, 0.2) is 53.1 Å². The molecule has 1 fully saturated rings. The highest BCUT2D eigenvalue weighted by atomic mass is 16.5. The fourth-order valence-electron chi connectivity index (χ4n) is 4.85. The molecule has 37 heavy (non-hydrogen) atoms. The van der Waals surface area contributed by atoms with Crippen molar-refractivity contribution in [3.8, 4) is 28.7 Å². The predicted molar refractivity (Wildman–Crippen MR) is 139 cm³/mol. The molecule has 1 aliphatic heterocycles. The van der Waals surface area contributed by atoms with Gasteiger partial charge >= 0.3 is 0 Å². The Hall–Kier alpha value is -3.85. The lowest BCUT2D eigenvalue weighted by atomic mass is 10.0. The molecule has 0 unspecified atom stereocenters. The zero-order valence-corrected chi connectivity index (χ0v) is 22.0. The van der Waals surface area contributed by atoms with Crippen LogP contribution in [0.5, 0.6) is 28.7 Å². The number of methoxy groups -OCH3 is 5. The van der Waals surface area contributed by atoms with Crippen LogP contribution in [0.25, 0.3) is 0 Å². The molecule has 4 rings (SSSR count). The number of rotatable bonds is 10. The highest BCUT2D eigenvalue weighted by molar-refractivity contribution is 6.04. The van der Waals surface area contributed by atoms with Crippen LogP contribution < -0.4 is 28.6 Å². The first-order valence-electron chi connectivity index (χ1n) is 12.1. The van der Waals surface area contributed by atoms with Gasteiger partial charge in [-0.1, -0.05) is 6.07 Å². The maximum atomic E-state index is 13.6. The van der Waals surface area contributed by atoms with Crippen molar-refractivity contribution < 1.29 is 32.9 Å². The highest BCUT2D eigenvalue weighted by Gasteiger charge is 2.32. The molecule has 2 aromatic carbocycles. The number of piperidine rings is 1. The van der Waals surface area contributed by atoms with E-state index in [1.165, 1.54) is 6.26 Å². The molecule has 2 heterocycles. The zero-order chi connectivity index (χ0) is 26.4. The summed E-state index contributed by atoms with van der Waals surface area (Å²) in [6.45, 7) is 2.30. The molecule has 9 nitrogen and oxygen atoms in total. The molecule has 0 saturated carbocycles. The number of hydrogen-bond donors (Lipinski definition) is 0. The first-order chi connectivity index (χ1) is 18.0. The van der Waals surface area contributed by atoms with E-state index in [4.69, 9.17) is 28.1 Å². The molecule has 1 aromatic heterocycles. The van der Waals surface area contributed by atoms with Gasteiger partial charge in [0.2, 0.25) is 5.75 Å². The van der Waals surface area contributed by atoms with Gasteiger partial charge in [0.05, 0.1) is 41.8 Å². The van der Waals surface area contributed by atoms with E-state index < -0.39 is 0 Å². The number of furan rings is 1. The predicted octanol–water partition coefficient (Wildman–Crippen LogP) is 4.63. The van der Waals surface area contributed by atoms with Gasteiger partial charge in [-0.2, -0.15) is 0 Å². The van der Waals surface area contributed by atoms with E-state index in [1.54, 1.807) is 47.7 Å². The van der Waals surface area contributed by atoms with Crippen LogP contribution in [0.3, 0.4) is 0 Å². The third-order valence-corrected chi connectivity index (χ3v) is 6.70. The monoisotopic (exact) mass is 510 g/mol. The van der Waals surface area contributed by atoms with E-state index in [0.29, 0.717) is 41.1 Å². The van der Waals surface area contributed by atoms with Crippen LogP contribution in [0.4, 0.5) is 5.69 Å². The van der Waals surface area contributed by atoms with Crippen molar-refractivity contribution in [3.63, 3.8) is 0 Å². The molecule has 0 spiro atoms. The lowest BCUT2D eigenvalue weighted by Crippen LogP contribution is -2.47. The van der Waals surface area contributed by atoms with Gasteiger partial charge in [0.1, 0.15) is 0 Å². The molecule has 0 atom stereocenters. The van der Waals surface area contributed by atoms with Crippen molar-refractivity contribution in [2.24, 2.45) is 0 Å². The lowest BCUT2D eigenvalue weighted by molar-refractivity contribution is 0.0931. The Morgan fingerprint density at radius 2 is 1.54 bits per heavy atom. The summed E-state index contributed by atoms with van der Waals surface area (Å²) in [7, 11) is 8.02.